The minimum Gasteiger partial charge on any atom is -0.332 e. The predicted octanol–water partition coefficient (Wildman–Crippen LogP) is 4.14. The van der Waals surface area contributed by atoms with Gasteiger partial charge in [-0.15, -0.1) is 0 Å². The highest BCUT2D eigenvalue weighted by Gasteiger charge is 2.30. The van der Waals surface area contributed by atoms with Crippen molar-refractivity contribution in [1.29, 1.82) is 0 Å². The number of halogens is 3. The summed E-state index contributed by atoms with van der Waals surface area (Å²) >= 11 is 4.95. The lowest BCUT2D eigenvalue weighted by Gasteiger charge is -2.12. The second-order valence-corrected chi connectivity index (χ2v) is 5.26. The average Bonchev–Trinajstić information content (AvgIpc) is 2.47. The van der Waals surface area contributed by atoms with Crippen LogP contribution in [0.3, 0.4) is 0 Å². The third-order valence-electron chi connectivity index (χ3n) is 2.99. The van der Waals surface area contributed by atoms with Crippen molar-refractivity contribution < 1.29 is 18.0 Å². The first-order valence-electron chi connectivity index (χ1n) is 6.62. The lowest BCUT2D eigenvalue weighted by atomic mass is 10.1. The third kappa shape index (κ3) is 4.79. The van der Waals surface area contributed by atoms with Gasteiger partial charge in [0.25, 0.3) is 5.91 Å². The Labute approximate surface area is 136 Å². The number of hydrogen-bond donors (Lipinski definition) is 2. The van der Waals surface area contributed by atoms with Crippen molar-refractivity contribution in [3.63, 3.8) is 0 Å². The molecule has 0 spiro atoms. The smallest absolute Gasteiger partial charge is 0.332 e. The zero-order chi connectivity index (χ0) is 17.0. The van der Waals surface area contributed by atoms with Crippen molar-refractivity contribution in [3.05, 3.63) is 65.2 Å². The first kappa shape index (κ1) is 17.0. The van der Waals surface area contributed by atoms with Crippen molar-refractivity contribution in [3.8, 4) is 0 Å². The molecule has 23 heavy (non-hydrogen) atoms. The Morgan fingerprint density at radius 1 is 1.09 bits per heavy atom. The maximum absolute atomic E-state index is 12.6. The van der Waals surface area contributed by atoms with Gasteiger partial charge in [-0.1, -0.05) is 23.8 Å². The Morgan fingerprint density at radius 3 is 2.35 bits per heavy atom. The molecule has 3 nitrogen and oxygen atoms in total. The Kier molecular flexibility index (Phi) is 5.00. The van der Waals surface area contributed by atoms with E-state index in [0.717, 1.165) is 17.7 Å². The molecule has 2 N–H and O–H groups in total. The number of hydrogen-bond acceptors (Lipinski definition) is 2. The highest BCUT2D eigenvalue weighted by atomic mass is 32.1. The van der Waals surface area contributed by atoms with Crippen molar-refractivity contribution in [2.45, 2.75) is 13.1 Å². The normalized spacial score (nSPS) is 11.0. The van der Waals surface area contributed by atoms with Gasteiger partial charge >= 0.3 is 6.18 Å². The molecule has 0 radical (unpaired) electrons. The van der Waals surface area contributed by atoms with Gasteiger partial charge in [-0.05, 0) is 49.5 Å². The van der Waals surface area contributed by atoms with E-state index in [-0.39, 0.29) is 10.8 Å². The number of amides is 1. The number of nitrogens with one attached hydrogen (secondary N) is 2. The summed E-state index contributed by atoms with van der Waals surface area (Å²) in [5, 5.41) is 4.91. The minimum absolute atomic E-state index is 0.0742. The zero-order valence-corrected chi connectivity index (χ0v) is 12.9. The van der Waals surface area contributed by atoms with E-state index in [2.05, 4.69) is 10.6 Å². The minimum atomic E-state index is -4.44. The molecular formula is C16H13F3N2OS. The summed E-state index contributed by atoms with van der Waals surface area (Å²) in [5.41, 5.74) is 0.763. The van der Waals surface area contributed by atoms with Crippen LogP contribution in [0.4, 0.5) is 18.9 Å². The molecule has 7 heteroatoms. The molecule has 0 aromatic heterocycles. The summed E-state index contributed by atoms with van der Waals surface area (Å²) < 4.78 is 37.9. The molecule has 2 aromatic carbocycles. The fourth-order valence-corrected chi connectivity index (χ4v) is 2.03. The van der Waals surface area contributed by atoms with Crippen molar-refractivity contribution >= 4 is 28.9 Å². The molecule has 0 heterocycles. The lowest BCUT2D eigenvalue weighted by molar-refractivity contribution is -0.137. The summed E-state index contributed by atoms with van der Waals surface area (Å²) in [4.78, 5) is 12.0. The first-order chi connectivity index (χ1) is 10.8. The molecule has 2 aromatic rings. The van der Waals surface area contributed by atoms with Crippen molar-refractivity contribution in [2.24, 2.45) is 0 Å². The average molecular weight is 338 g/mol. The van der Waals surface area contributed by atoms with E-state index in [1.807, 2.05) is 6.92 Å². The molecule has 0 atom stereocenters. The van der Waals surface area contributed by atoms with Crippen LogP contribution in [0.25, 0.3) is 0 Å². The standard InChI is InChI=1S/C16H13F3N2OS/c1-10-5-7-11(8-6-10)14(22)21-15(23)20-13-4-2-3-12(9-13)16(17,18)19/h2-9H,1H3,(H2,20,21,22,23). The van der Waals surface area contributed by atoms with Crippen LogP contribution < -0.4 is 10.6 Å². The Balaban J connectivity index is 2.02. The van der Waals surface area contributed by atoms with Gasteiger partial charge in [-0.3, -0.25) is 10.1 Å². The molecule has 2 rings (SSSR count). The maximum atomic E-state index is 12.6. The topological polar surface area (TPSA) is 41.1 Å². The molecule has 0 aliphatic carbocycles. The molecule has 0 saturated heterocycles. The molecule has 1 amide bonds. The van der Waals surface area contributed by atoms with E-state index < -0.39 is 17.6 Å². The molecule has 0 aliphatic heterocycles. The van der Waals surface area contributed by atoms with Gasteiger partial charge in [-0.2, -0.15) is 13.2 Å². The predicted molar refractivity (Wildman–Crippen MR) is 86.3 cm³/mol. The lowest BCUT2D eigenvalue weighted by Crippen LogP contribution is -2.34. The molecular weight excluding hydrogens is 325 g/mol. The monoisotopic (exact) mass is 338 g/mol. The number of benzene rings is 2. The molecule has 120 valence electrons. The van der Waals surface area contributed by atoms with E-state index >= 15 is 0 Å². The molecule has 0 unspecified atom stereocenters. The van der Waals surface area contributed by atoms with Gasteiger partial charge in [-0.25, -0.2) is 0 Å². The van der Waals surface area contributed by atoms with Gasteiger partial charge in [0.1, 0.15) is 0 Å². The second kappa shape index (κ2) is 6.78. The quantitative estimate of drug-likeness (QED) is 0.809. The summed E-state index contributed by atoms with van der Waals surface area (Å²) in [6, 6.07) is 11.4. The van der Waals surface area contributed by atoms with Crippen LogP contribution in [-0.2, 0) is 6.18 Å². The Hall–Kier alpha value is -2.41. The van der Waals surface area contributed by atoms with E-state index in [1.54, 1.807) is 24.3 Å². The van der Waals surface area contributed by atoms with Crippen LogP contribution in [0, 0.1) is 6.92 Å². The number of carbonyl (C=O) groups is 1. The third-order valence-corrected chi connectivity index (χ3v) is 3.19. The van der Waals surface area contributed by atoms with E-state index in [0.29, 0.717) is 5.56 Å². The first-order valence-corrected chi connectivity index (χ1v) is 7.03. The summed E-state index contributed by atoms with van der Waals surface area (Å²) in [6.45, 7) is 1.89. The number of carbonyl (C=O) groups excluding carboxylic acids is 1. The van der Waals surface area contributed by atoms with Gasteiger partial charge in [0.2, 0.25) is 0 Å². The van der Waals surface area contributed by atoms with Gasteiger partial charge in [0.15, 0.2) is 5.11 Å². The van der Waals surface area contributed by atoms with E-state index in [4.69, 9.17) is 12.2 Å². The second-order valence-electron chi connectivity index (χ2n) is 4.85. The summed E-state index contributed by atoms with van der Waals surface area (Å²) in [5.74, 6) is -0.436. The van der Waals surface area contributed by atoms with Gasteiger partial charge in [0.05, 0.1) is 5.56 Å². The van der Waals surface area contributed by atoms with Crippen LogP contribution in [-0.4, -0.2) is 11.0 Å². The molecule has 0 saturated carbocycles. The maximum Gasteiger partial charge on any atom is 0.416 e. The van der Waals surface area contributed by atoms with Crippen LogP contribution in [0.15, 0.2) is 48.5 Å². The number of anilines is 1. The van der Waals surface area contributed by atoms with Crippen LogP contribution >= 0.6 is 12.2 Å². The number of alkyl halides is 3. The zero-order valence-electron chi connectivity index (χ0n) is 12.1. The number of rotatable bonds is 2. The fourth-order valence-electron chi connectivity index (χ4n) is 1.82. The van der Waals surface area contributed by atoms with Gasteiger partial charge in [0, 0.05) is 11.3 Å². The SMILES string of the molecule is Cc1ccc(C(=O)NC(=S)Nc2cccc(C(F)(F)F)c2)cc1. The number of thiocarbonyl (C=S) groups is 1. The molecule has 0 aliphatic rings. The van der Waals surface area contributed by atoms with Crippen molar-refractivity contribution in [2.75, 3.05) is 5.32 Å². The Bertz CT molecular complexity index is 727. The summed E-state index contributed by atoms with van der Waals surface area (Å²) in [7, 11) is 0. The Morgan fingerprint density at radius 2 is 1.74 bits per heavy atom. The van der Waals surface area contributed by atoms with Crippen molar-refractivity contribution in [1.82, 2.24) is 5.32 Å². The number of aryl methyl sites for hydroxylation is 1. The van der Waals surface area contributed by atoms with Crippen LogP contribution in [0.5, 0.6) is 0 Å². The highest BCUT2D eigenvalue weighted by Crippen LogP contribution is 2.30. The van der Waals surface area contributed by atoms with Gasteiger partial charge < -0.3 is 5.32 Å². The van der Waals surface area contributed by atoms with E-state index in [9.17, 15) is 18.0 Å². The van der Waals surface area contributed by atoms with Crippen LogP contribution in [0.1, 0.15) is 21.5 Å². The largest absolute Gasteiger partial charge is 0.416 e. The molecule has 0 bridgehead atoms. The molecule has 0 fully saturated rings. The van der Waals surface area contributed by atoms with E-state index in [1.165, 1.54) is 12.1 Å². The highest BCUT2D eigenvalue weighted by molar-refractivity contribution is 7.80. The fraction of sp³-hybridized carbons (Fsp3) is 0.125. The van der Waals surface area contributed by atoms with Crippen LogP contribution in [0.2, 0.25) is 0 Å². The summed E-state index contributed by atoms with van der Waals surface area (Å²) in [6.07, 6.45) is -4.44.